The van der Waals surface area contributed by atoms with E-state index in [1.165, 1.54) is 33.6 Å². The Morgan fingerprint density at radius 2 is 2.03 bits per heavy atom. The van der Waals surface area contributed by atoms with E-state index in [0.29, 0.717) is 44.0 Å². The van der Waals surface area contributed by atoms with Crippen LogP contribution in [0.5, 0.6) is 0 Å². The predicted octanol–water partition coefficient (Wildman–Crippen LogP) is 4.60. The monoisotopic (exact) mass is 446 g/mol. The maximum Gasteiger partial charge on any atom is 0.262 e. The summed E-state index contributed by atoms with van der Waals surface area (Å²) in [7, 11) is 0. The smallest absolute Gasteiger partial charge is 0.262 e. The summed E-state index contributed by atoms with van der Waals surface area (Å²) in [6.07, 6.45) is 4.74. The molecule has 3 aromatic heterocycles. The second-order valence-electron chi connectivity index (χ2n) is 6.65. The highest BCUT2D eigenvalue weighted by molar-refractivity contribution is 7.98. The highest BCUT2D eigenvalue weighted by Crippen LogP contribution is 2.23. The van der Waals surface area contributed by atoms with Gasteiger partial charge < -0.3 is 0 Å². The maximum atomic E-state index is 13.1. The summed E-state index contributed by atoms with van der Waals surface area (Å²) in [6, 6.07) is 6.68. The lowest BCUT2D eigenvalue weighted by atomic mass is 10.2. The molecule has 0 bridgehead atoms. The molecule has 0 fully saturated rings. The fraction of sp³-hybridized carbons (Fsp3) is 0.300. The van der Waals surface area contributed by atoms with E-state index in [1.807, 2.05) is 5.38 Å². The number of hydrogen-bond donors (Lipinski definition) is 0. The number of hydrogen-bond acceptors (Lipinski definition) is 6. The first-order valence-corrected chi connectivity index (χ1v) is 11.6. The Hall–Kier alpha value is -2.16. The van der Waals surface area contributed by atoms with Crippen LogP contribution in [0.15, 0.2) is 50.6 Å². The Morgan fingerprint density at radius 3 is 2.86 bits per heavy atom. The van der Waals surface area contributed by atoms with E-state index < -0.39 is 0 Å². The number of fused-ring (bicyclic) bond motifs is 2. The molecule has 29 heavy (non-hydrogen) atoms. The zero-order valence-corrected chi connectivity index (χ0v) is 18.2. The third-order valence-electron chi connectivity index (χ3n) is 4.57. The van der Waals surface area contributed by atoms with E-state index in [9.17, 15) is 9.59 Å². The van der Waals surface area contributed by atoms with Crippen LogP contribution in [0.1, 0.15) is 31.9 Å². The second kappa shape index (κ2) is 8.69. The first kappa shape index (κ1) is 20.1. The molecule has 1 aromatic carbocycles. The van der Waals surface area contributed by atoms with Crippen molar-refractivity contribution in [1.82, 2.24) is 18.9 Å². The van der Waals surface area contributed by atoms with Crippen LogP contribution in [-0.4, -0.2) is 18.9 Å². The molecule has 0 unspecified atom stereocenters. The van der Waals surface area contributed by atoms with Gasteiger partial charge in [-0.05, 0) is 24.6 Å². The summed E-state index contributed by atoms with van der Waals surface area (Å²) in [5.41, 5.74) is 1.08. The van der Waals surface area contributed by atoms with Crippen LogP contribution in [0.4, 0.5) is 0 Å². The van der Waals surface area contributed by atoms with Crippen LogP contribution in [0, 0.1) is 0 Å². The molecule has 9 heteroatoms. The minimum Gasteiger partial charge on any atom is -0.287 e. The van der Waals surface area contributed by atoms with Crippen molar-refractivity contribution in [2.75, 3.05) is 0 Å². The van der Waals surface area contributed by atoms with Crippen LogP contribution >= 0.6 is 34.7 Å². The van der Waals surface area contributed by atoms with Crippen LogP contribution in [-0.2, 0) is 12.3 Å². The molecule has 0 N–H and O–H groups in total. The summed E-state index contributed by atoms with van der Waals surface area (Å²) in [5.74, 6) is 0.454. The fourth-order valence-corrected chi connectivity index (χ4v) is 4.92. The number of unbranched alkanes of at least 4 members (excludes halogenated alkanes) is 2. The van der Waals surface area contributed by atoms with Crippen molar-refractivity contribution in [3.8, 4) is 0 Å². The molecule has 4 aromatic rings. The fourth-order valence-electron chi connectivity index (χ4n) is 3.10. The quantitative estimate of drug-likeness (QED) is 0.236. The van der Waals surface area contributed by atoms with Gasteiger partial charge in [0, 0.05) is 35.0 Å². The van der Waals surface area contributed by atoms with Crippen LogP contribution < -0.4 is 11.1 Å². The van der Waals surface area contributed by atoms with Gasteiger partial charge in [0.15, 0.2) is 10.1 Å². The van der Waals surface area contributed by atoms with Gasteiger partial charge in [0.05, 0.1) is 16.6 Å². The molecule has 0 spiro atoms. The maximum absolute atomic E-state index is 13.1. The molecule has 3 heterocycles. The van der Waals surface area contributed by atoms with E-state index in [0.717, 1.165) is 19.3 Å². The largest absolute Gasteiger partial charge is 0.287 e. The summed E-state index contributed by atoms with van der Waals surface area (Å²) in [6.45, 7) is 2.74. The van der Waals surface area contributed by atoms with Crippen molar-refractivity contribution in [2.24, 2.45) is 0 Å². The van der Waals surface area contributed by atoms with E-state index in [1.54, 1.807) is 29.0 Å². The third-order valence-corrected chi connectivity index (χ3v) is 6.57. The number of rotatable bonds is 7. The minimum absolute atomic E-state index is 0.0630. The first-order valence-electron chi connectivity index (χ1n) is 9.35. The third kappa shape index (κ3) is 4.24. The lowest BCUT2D eigenvalue weighted by Crippen LogP contribution is -2.23. The van der Waals surface area contributed by atoms with Gasteiger partial charge in [0.2, 0.25) is 0 Å². The predicted molar refractivity (Wildman–Crippen MR) is 119 cm³/mol. The molecular weight excluding hydrogens is 428 g/mol. The molecule has 0 aliphatic heterocycles. The summed E-state index contributed by atoms with van der Waals surface area (Å²) >= 11 is 8.93. The number of thiazole rings is 1. The molecule has 6 nitrogen and oxygen atoms in total. The Balaban J connectivity index is 1.70. The Kier molecular flexibility index (Phi) is 6.03. The molecule has 0 aliphatic carbocycles. The molecule has 150 valence electrons. The van der Waals surface area contributed by atoms with Gasteiger partial charge in [-0.3, -0.25) is 18.6 Å². The molecule has 0 saturated carbocycles. The lowest BCUT2D eigenvalue weighted by molar-refractivity contribution is 0.541. The zero-order valence-electron chi connectivity index (χ0n) is 15.8. The van der Waals surface area contributed by atoms with E-state index in [4.69, 9.17) is 16.6 Å². The van der Waals surface area contributed by atoms with Gasteiger partial charge in [-0.1, -0.05) is 43.1 Å². The van der Waals surface area contributed by atoms with E-state index >= 15 is 0 Å². The normalized spacial score (nSPS) is 11.5. The van der Waals surface area contributed by atoms with Crippen LogP contribution in [0.2, 0.25) is 5.02 Å². The van der Waals surface area contributed by atoms with E-state index in [-0.39, 0.29) is 11.1 Å². The zero-order chi connectivity index (χ0) is 20.4. The van der Waals surface area contributed by atoms with Crippen molar-refractivity contribution >= 4 is 50.6 Å². The second-order valence-corrected chi connectivity index (χ2v) is 8.90. The van der Waals surface area contributed by atoms with Gasteiger partial charge >= 0.3 is 0 Å². The van der Waals surface area contributed by atoms with E-state index in [2.05, 4.69) is 11.9 Å². The number of aromatic nitrogens is 4. The number of halogens is 1. The molecule has 4 rings (SSSR count). The highest BCUT2D eigenvalue weighted by Gasteiger charge is 2.13. The summed E-state index contributed by atoms with van der Waals surface area (Å²) < 4.78 is 3.25. The first-order chi connectivity index (χ1) is 14.1. The number of thioether (sulfide) groups is 1. The van der Waals surface area contributed by atoms with Gasteiger partial charge in [0.25, 0.3) is 11.1 Å². The lowest BCUT2D eigenvalue weighted by Gasteiger charge is -2.13. The minimum atomic E-state index is -0.106. The number of nitrogens with zero attached hydrogens (tertiary/aromatic N) is 4. The van der Waals surface area contributed by atoms with Gasteiger partial charge in [-0.2, -0.15) is 0 Å². The summed E-state index contributed by atoms with van der Waals surface area (Å²) in [5, 5.41) is 3.56. The van der Waals surface area contributed by atoms with Gasteiger partial charge in [-0.15, -0.1) is 11.3 Å². The van der Waals surface area contributed by atoms with Crippen molar-refractivity contribution < 1.29 is 0 Å². The van der Waals surface area contributed by atoms with Crippen molar-refractivity contribution in [2.45, 2.75) is 43.6 Å². The van der Waals surface area contributed by atoms with Crippen LogP contribution in [0.25, 0.3) is 15.9 Å². The standard InChI is InChI=1S/C20H19ClN4O2S2/c1-2-3-4-7-25-18(27)15-6-5-13(21)10-16(15)23-20(25)29-12-14-11-17(26)24-8-9-28-19(24)22-14/h5-6,8-11H,2-4,7,12H2,1H3. The molecule has 0 aliphatic rings. The molecule has 0 atom stereocenters. The van der Waals surface area contributed by atoms with Gasteiger partial charge in [-0.25, -0.2) is 9.97 Å². The van der Waals surface area contributed by atoms with Crippen molar-refractivity contribution in [3.05, 3.63) is 67.3 Å². The Morgan fingerprint density at radius 1 is 1.17 bits per heavy atom. The topological polar surface area (TPSA) is 69.3 Å². The molecular formula is C20H19ClN4O2S2. The average molecular weight is 447 g/mol. The SMILES string of the molecule is CCCCCn1c(SCc2cc(=O)n3ccsc3n2)nc2cc(Cl)ccc2c1=O. The van der Waals surface area contributed by atoms with Gasteiger partial charge in [0.1, 0.15) is 0 Å². The summed E-state index contributed by atoms with van der Waals surface area (Å²) in [4.78, 5) is 35.2. The van der Waals surface area contributed by atoms with Crippen molar-refractivity contribution in [1.29, 1.82) is 0 Å². The highest BCUT2D eigenvalue weighted by atomic mass is 35.5. The average Bonchev–Trinajstić information content (AvgIpc) is 3.17. The Bertz CT molecular complexity index is 1300. The molecule has 0 saturated heterocycles. The Labute approximate surface area is 180 Å². The molecule has 0 radical (unpaired) electrons. The number of benzene rings is 1. The molecule has 0 amide bonds. The van der Waals surface area contributed by atoms with Crippen LogP contribution in [0.3, 0.4) is 0 Å². The van der Waals surface area contributed by atoms with Crippen molar-refractivity contribution in [3.63, 3.8) is 0 Å².